The number of para-hydroxylation sites is 3. The fraction of sp³-hybridized carbons (Fsp3) is 0.0500. The van der Waals surface area contributed by atoms with Gasteiger partial charge in [0.25, 0.3) is 5.69 Å². The number of hydrazine groups is 1. The number of nitrogens with one attached hydrogen (secondary N) is 2. The van der Waals surface area contributed by atoms with E-state index in [4.69, 9.17) is 4.42 Å². The Kier molecular flexibility index (Phi) is 5.57. The number of thioether (sulfide) groups is 1. The van der Waals surface area contributed by atoms with E-state index in [1.54, 1.807) is 36.7 Å². The number of benzene rings is 2. The number of aromatic nitrogens is 2. The maximum Gasteiger partial charge on any atom is 0.305 e. The summed E-state index contributed by atoms with van der Waals surface area (Å²) in [6.07, 6.45) is 3.29. The zero-order chi connectivity index (χ0) is 20.9. The van der Waals surface area contributed by atoms with Crippen molar-refractivity contribution in [1.82, 2.24) is 15.4 Å². The van der Waals surface area contributed by atoms with Gasteiger partial charge in [-0.1, -0.05) is 42.1 Å². The summed E-state index contributed by atoms with van der Waals surface area (Å²) in [5.41, 5.74) is 6.35. The lowest BCUT2D eigenvalue weighted by atomic mass is 10.1. The molecule has 0 saturated carbocycles. The van der Waals surface area contributed by atoms with Crippen molar-refractivity contribution in [3.8, 4) is 0 Å². The Balaban J connectivity index is 1.58. The normalized spacial score (nSPS) is 10.7. The first-order chi connectivity index (χ1) is 14.6. The summed E-state index contributed by atoms with van der Waals surface area (Å²) in [5.74, 6) is -0.0189. The molecule has 10 heteroatoms. The zero-order valence-corrected chi connectivity index (χ0v) is 16.3. The van der Waals surface area contributed by atoms with Gasteiger partial charge in [0.05, 0.1) is 4.92 Å². The second-order valence-corrected chi connectivity index (χ2v) is 7.02. The van der Waals surface area contributed by atoms with Gasteiger partial charge in [0, 0.05) is 35.2 Å². The van der Waals surface area contributed by atoms with Gasteiger partial charge in [-0.3, -0.25) is 25.8 Å². The summed E-state index contributed by atoms with van der Waals surface area (Å²) in [5, 5.41) is 12.5. The molecule has 0 aliphatic rings. The molecule has 0 bridgehead atoms. The van der Waals surface area contributed by atoms with Crippen LogP contribution in [0.2, 0.25) is 0 Å². The molecule has 4 rings (SSSR count). The summed E-state index contributed by atoms with van der Waals surface area (Å²) < 4.78 is 5.78. The zero-order valence-electron chi connectivity index (χ0n) is 15.4. The van der Waals surface area contributed by atoms with Gasteiger partial charge in [-0.15, -0.1) is 0 Å². The molecule has 2 N–H and O–H groups in total. The van der Waals surface area contributed by atoms with Gasteiger partial charge in [-0.05, 0) is 18.2 Å². The molecule has 0 aliphatic carbocycles. The average Bonchev–Trinajstić information content (AvgIpc) is 3.15. The van der Waals surface area contributed by atoms with Crippen LogP contribution >= 0.6 is 11.8 Å². The van der Waals surface area contributed by atoms with Crippen LogP contribution in [0.25, 0.3) is 11.0 Å². The number of carbonyl (C=O) groups is 1. The lowest BCUT2D eigenvalue weighted by Gasteiger charge is -2.08. The quantitative estimate of drug-likeness (QED) is 0.197. The van der Waals surface area contributed by atoms with Gasteiger partial charge >= 0.3 is 5.91 Å². The van der Waals surface area contributed by atoms with Crippen molar-refractivity contribution in [1.29, 1.82) is 0 Å². The molecule has 30 heavy (non-hydrogen) atoms. The van der Waals surface area contributed by atoms with E-state index < -0.39 is 10.8 Å². The van der Waals surface area contributed by atoms with Crippen LogP contribution in [0.1, 0.15) is 16.1 Å². The van der Waals surface area contributed by atoms with Crippen LogP contribution in [0.4, 0.5) is 11.4 Å². The maximum atomic E-state index is 12.8. The Bertz CT molecular complexity index is 1210. The predicted molar refractivity (Wildman–Crippen MR) is 112 cm³/mol. The minimum Gasteiger partial charge on any atom is -0.451 e. The van der Waals surface area contributed by atoms with Crippen molar-refractivity contribution in [2.75, 3.05) is 5.43 Å². The molecule has 0 atom stereocenters. The van der Waals surface area contributed by atoms with E-state index in [0.717, 1.165) is 5.39 Å². The Labute approximate surface area is 174 Å². The molecule has 2 heterocycles. The van der Waals surface area contributed by atoms with E-state index >= 15 is 0 Å². The first kappa shape index (κ1) is 19.4. The number of fused-ring (bicyclic) bond motifs is 1. The first-order valence-electron chi connectivity index (χ1n) is 8.83. The topological polar surface area (TPSA) is 123 Å². The highest BCUT2D eigenvalue weighted by atomic mass is 32.2. The molecule has 0 spiro atoms. The Morgan fingerprint density at radius 1 is 1.07 bits per heavy atom. The Morgan fingerprint density at radius 3 is 2.60 bits per heavy atom. The number of furan rings is 1. The molecular formula is C20H15N5O4S. The molecule has 9 nitrogen and oxygen atoms in total. The monoisotopic (exact) mass is 421 g/mol. The van der Waals surface area contributed by atoms with Gasteiger partial charge in [0.2, 0.25) is 0 Å². The second kappa shape index (κ2) is 8.62. The van der Waals surface area contributed by atoms with Gasteiger partial charge < -0.3 is 4.42 Å². The molecule has 0 fully saturated rings. The summed E-state index contributed by atoms with van der Waals surface area (Å²) >= 11 is 1.37. The third-order valence-electron chi connectivity index (χ3n) is 4.20. The lowest BCUT2D eigenvalue weighted by molar-refractivity contribution is -0.384. The number of carbonyl (C=O) groups excluding carboxylic acids is 1. The Morgan fingerprint density at radius 2 is 1.80 bits per heavy atom. The molecule has 0 radical (unpaired) electrons. The largest absolute Gasteiger partial charge is 0.451 e. The van der Waals surface area contributed by atoms with E-state index in [1.165, 1.54) is 23.9 Å². The minimum absolute atomic E-state index is 0.116. The summed E-state index contributed by atoms with van der Waals surface area (Å²) in [7, 11) is 0. The predicted octanol–water partition coefficient (Wildman–Crippen LogP) is 4.18. The van der Waals surface area contributed by atoms with Crippen molar-refractivity contribution in [3.05, 3.63) is 88.4 Å². The summed E-state index contributed by atoms with van der Waals surface area (Å²) in [6, 6.07) is 15.1. The van der Waals surface area contributed by atoms with Crippen LogP contribution in [0.5, 0.6) is 0 Å². The number of anilines is 1. The van der Waals surface area contributed by atoms with Crippen LogP contribution < -0.4 is 10.9 Å². The summed E-state index contributed by atoms with van der Waals surface area (Å²) in [4.78, 5) is 31.8. The fourth-order valence-corrected chi connectivity index (χ4v) is 3.67. The first-order valence-corrected chi connectivity index (χ1v) is 9.82. The van der Waals surface area contributed by atoms with Crippen LogP contribution in [-0.2, 0) is 5.75 Å². The number of nitro benzene ring substituents is 1. The van der Waals surface area contributed by atoms with E-state index in [9.17, 15) is 14.9 Å². The van der Waals surface area contributed by atoms with Crippen molar-refractivity contribution < 1.29 is 14.1 Å². The van der Waals surface area contributed by atoms with Crippen molar-refractivity contribution in [3.63, 3.8) is 0 Å². The minimum atomic E-state index is -0.547. The fourth-order valence-electron chi connectivity index (χ4n) is 2.84. The SMILES string of the molecule is O=C(NNc1ccccc1[N+](=O)[O-])c1oc2ccccc2c1CSc1ncccn1. The van der Waals surface area contributed by atoms with Crippen molar-refractivity contribution in [2.24, 2.45) is 0 Å². The number of nitrogens with zero attached hydrogens (tertiary/aromatic N) is 3. The number of hydrogen-bond acceptors (Lipinski definition) is 8. The average molecular weight is 421 g/mol. The molecule has 0 unspecified atom stereocenters. The van der Waals surface area contributed by atoms with Gasteiger partial charge in [-0.2, -0.15) is 0 Å². The highest BCUT2D eigenvalue weighted by Crippen LogP contribution is 2.31. The number of amides is 1. The highest BCUT2D eigenvalue weighted by molar-refractivity contribution is 7.98. The van der Waals surface area contributed by atoms with E-state index in [0.29, 0.717) is 22.1 Å². The van der Waals surface area contributed by atoms with Crippen LogP contribution in [0.3, 0.4) is 0 Å². The molecule has 4 aromatic rings. The maximum absolute atomic E-state index is 12.8. The van der Waals surface area contributed by atoms with E-state index in [-0.39, 0.29) is 17.1 Å². The molecule has 2 aromatic carbocycles. The lowest BCUT2D eigenvalue weighted by Crippen LogP contribution is -2.30. The standard InChI is InChI=1S/C20H15N5O4S/c26-19(24-23-15-7-2-3-8-16(15)25(27)28)18-14(12-30-20-21-10-5-11-22-20)13-6-1-4-9-17(13)29-18/h1-11,23H,12H2,(H,24,26). The van der Waals surface area contributed by atoms with Gasteiger partial charge in [0.15, 0.2) is 10.9 Å². The number of hydrogen-bond donors (Lipinski definition) is 2. The van der Waals surface area contributed by atoms with Crippen molar-refractivity contribution in [2.45, 2.75) is 10.9 Å². The third kappa shape index (κ3) is 4.08. The second-order valence-electron chi connectivity index (χ2n) is 6.08. The van der Waals surface area contributed by atoms with E-state index in [1.807, 2.05) is 18.2 Å². The number of rotatable bonds is 7. The van der Waals surface area contributed by atoms with E-state index in [2.05, 4.69) is 20.8 Å². The van der Waals surface area contributed by atoms with Crippen LogP contribution in [-0.4, -0.2) is 20.8 Å². The van der Waals surface area contributed by atoms with Crippen LogP contribution in [0.15, 0.2) is 76.6 Å². The van der Waals surface area contributed by atoms with Gasteiger partial charge in [0.1, 0.15) is 11.3 Å². The molecular weight excluding hydrogens is 406 g/mol. The molecule has 1 amide bonds. The molecule has 150 valence electrons. The molecule has 0 aliphatic heterocycles. The summed E-state index contributed by atoms with van der Waals surface area (Å²) in [6.45, 7) is 0. The smallest absolute Gasteiger partial charge is 0.305 e. The van der Waals surface area contributed by atoms with Crippen LogP contribution in [0, 0.1) is 10.1 Å². The third-order valence-corrected chi connectivity index (χ3v) is 5.11. The molecule has 2 aromatic heterocycles. The highest BCUT2D eigenvalue weighted by Gasteiger charge is 2.22. The molecule has 0 saturated heterocycles. The van der Waals surface area contributed by atoms with Gasteiger partial charge in [-0.25, -0.2) is 9.97 Å². The van der Waals surface area contributed by atoms with Crippen molar-refractivity contribution >= 4 is 40.0 Å². The Hall–Kier alpha value is -3.92. The number of nitro groups is 1.